The molecule has 2 atom stereocenters. The zero-order chi connectivity index (χ0) is 22.4. The van der Waals surface area contributed by atoms with E-state index in [0.29, 0.717) is 5.56 Å². The van der Waals surface area contributed by atoms with Crippen molar-refractivity contribution >= 4 is 17.8 Å². The molecule has 0 saturated carbocycles. The van der Waals surface area contributed by atoms with E-state index >= 15 is 0 Å². The molecule has 0 spiro atoms. The molecule has 4 N–H and O–H groups in total. The number of carboxylic acid groups (broad SMARTS) is 2. The van der Waals surface area contributed by atoms with E-state index in [1.807, 2.05) is 0 Å². The van der Waals surface area contributed by atoms with E-state index in [1.165, 1.54) is 12.3 Å². The van der Waals surface area contributed by atoms with Gasteiger partial charge in [-0.2, -0.15) is 0 Å². The fourth-order valence-corrected chi connectivity index (χ4v) is 3.00. The van der Waals surface area contributed by atoms with E-state index < -0.39 is 30.0 Å². The number of nitrogens with one attached hydrogen (secondary N) is 1. The number of hydrogen-bond donors (Lipinski definition) is 4. The number of carbonyl (C=O) groups excluding carboxylic acids is 1. The molecule has 3 rings (SSSR count). The second-order valence-electron chi connectivity index (χ2n) is 6.69. The number of amides is 1. The van der Waals surface area contributed by atoms with Gasteiger partial charge in [-0.05, 0) is 18.1 Å². The quantitative estimate of drug-likeness (QED) is 0.429. The minimum absolute atomic E-state index is 0.0431. The molecule has 9 nitrogen and oxygen atoms in total. The summed E-state index contributed by atoms with van der Waals surface area (Å²) >= 11 is 0. The van der Waals surface area contributed by atoms with Crippen molar-refractivity contribution in [3.05, 3.63) is 83.8 Å². The topological polar surface area (TPSA) is 150 Å². The molecule has 0 aliphatic heterocycles. The van der Waals surface area contributed by atoms with E-state index in [2.05, 4.69) is 15.3 Å². The lowest BCUT2D eigenvalue weighted by Gasteiger charge is -2.21. The summed E-state index contributed by atoms with van der Waals surface area (Å²) in [4.78, 5) is 43.4. The fraction of sp³-hybridized carbons (Fsp3) is 0.136. The molecular weight excluding hydrogens is 402 g/mol. The van der Waals surface area contributed by atoms with Crippen molar-refractivity contribution in [3.63, 3.8) is 0 Å². The summed E-state index contributed by atoms with van der Waals surface area (Å²) < 4.78 is 0. The summed E-state index contributed by atoms with van der Waals surface area (Å²) in [6.07, 6.45) is 0.697. The summed E-state index contributed by atoms with van der Waals surface area (Å²) in [5.74, 6) is -3.30. The summed E-state index contributed by atoms with van der Waals surface area (Å²) in [5, 5.41) is 31.0. The van der Waals surface area contributed by atoms with Crippen molar-refractivity contribution in [2.24, 2.45) is 0 Å². The van der Waals surface area contributed by atoms with Crippen molar-refractivity contribution in [1.29, 1.82) is 0 Å². The van der Waals surface area contributed by atoms with Crippen molar-refractivity contribution in [2.75, 3.05) is 0 Å². The van der Waals surface area contributed by atoms with Gasteiger partial charge in [0, 0.05) is 5.56 Å². The molecule has 1 aromatic heterocycles. The first-order valence-electron chi connectivity index (χ1n) is 9.27. The standard InChI is InChI=1S/C22H19N3O6/c26-19(22(30)31)16(10-13-6-2-1-3-7-13)25-20(27)18-12-23-17(11-24-18)14-8-4-5-9-15(14)21(28)29/h1-9,11-12,16,19,26H,10H2,(H,25,27)(H,28,29)(H,30,31). The monoisotopic (exact) mass is 421 g/mol. The van der Waals surface area contributed by atoms with Crippen molar-refractivity contribution < 1.29 is 29.7 Å². The van der Waals surface area contributed by atoms with Gasteiger partial charge in [-0.15, -0.1) is 0 Å². The van der Waals surface area contributed by atoms with Crippen LogP contribution in [0, 0.1) is 0 Å². The SMILES string of the molecule is O=C(NC(Cc1ccccc1)C(O)C(=O)O)c1cnc(-c2ccccc2C(=O)O)cn1. The minimum atomic E-state index is -1.82. The first-order chi connectivity index (χ1) is 14.9. The van der Waals surface area contributed by atoms with Gasteiger partial charge in [-0.25, -0.2) is 14.6 Å². The molecule has 0 bridgehead atoms. The highest BCUT2D eigenvalue weighted by molar-refractivity contribution is 5.96. The lowest BCUT2D eigenvalue weighted by Crippen LogP contribution is -2.48. The third-order valence-electron chi connectivity index (χ3n) is 4.57. The number of benzene rings is 2. The third kappa shape index (κ3) is 5.28. The van der Waals surface area contributed by atoms with Crippen molar-refractivity contribution in [2.45, 2.75) is 18.6 Å². The highest BCUT2D eigenvalue weighted by Crippen LogP contribution is 2.21. The lowest BCUT2D eigenvalue weighted by atomic mass is 10.0. The second kappa shape index (κ2) is 9.59. The van der Waals surface area contributed by atoms with Crippen molar-refractivity contribution in [3.8, 4) is 11.3 Å². The number of carboxylic acids is 2. The highest BCUT2D eigenvalue weighted by Gasteiger charge is 2.28. The largest absolute Gasteiger partial charge is 0.479 e. The van der Waals surface area contributed by atoms with Crippen LogP contribution >= 0.6 is 0 Å². The van der Waals surface area contributed by atoms with E-state index in [-0.39, 0.29) is 23.4 Å². The van der Waals surface area contributed by atoms with E-state index in [4.69, 9.17) is 5.11 Å². The maximum atomic E-state index is 12.6. The maximum absolute atomic E-state index is 12.6. The summed E-state index contributed by atoms with van der Waals surface area (Å²) in [7, 11) is 0. The average molecular weight is 421 g/mol. The van der Waals surface area contributed by atoms with Gasteiger partial charge in [0.15, 0.2) is 6.10 Å². The van der Waals surface area contributed by atoms with Crippen LogP contribution in [0.1, 0.15) is 26.4 Å². The molecular formula is C22H19N3O6. The molecule has 0 radical (unpaired) electrons. The predicted molar refractivity (Wildman–Crippen MR) is 109 cm³/mol. The summed E-state index contributed by atoms with van der Waals surface area (Å²) in [6, 6.07) is 14.0. The molecule has 0 fully saturated rings. The number of aromatic carboxylic acids is 1. The van der Waals surface area contributed by atoms with Crippen LogP contribution in [0.25, 0.3) is 11.3 Å². The van der Waals surface area contributed by atoms with Crippen molar-refractivity contribution in [1.82, 2.24) is 15.3 Å². The van der Waals surface area contributed by atoms with E-state index in [1.54, 1.807) is 48.5 Å². The molecule has 2 unspecified atom stereocenters. The van der Waals surface area contributed by atoms with Crippen LogP contribution < -0.4 is 5.32 Å². The van der Waals surface area contributed by atoms with E-state index in [9.17, 15) is 24.6 Å². The van der Waals surface area contributed by atoms with Gasteiger partial charge in [0.2, 0.25) is 0 Å². The van der Waals surface area contributed by atoms with Gasteiger partial charge in [0.1, 0.15) is 5.69 Å². The Morgan fingerprint density at radius 2 is 1.58 bits per heavy atom. The van der Waals surface area contributed by atoms with Gasteiger partial charge >= 0.3 is 11.9 Å². The number of aliphatic carboxylic acids is 1. The summed E-state index contributed by atoms with van der Waals surface area (Å²) in [6.45, 7) is 0. The molecule has 1 amide bonds. The van der Waals surface area contributed by atoms with Crippen LogP contribution in [0.4, 0.5) is 0 Å². The fourth-order valence-electron chi connectivity index (χ4n) is 3.00. The Morgan fingerprint density at radius 1 is 0.903 bits per heavy atom. The van der Waals surface area contributed by atoms with E-state index in [0.717, 1.165) is 11.8 Å². The Kier molecular flexibility index (Phi) is 6.68. The Balaban J connectivity index is 1.79. The van der Waals surface area contributed by atoms with Crippen LogP contribution in [0.3, 0.4) is 0 Å². The van der Waals surface area contributed by atoms with Gasteiger partial charge < -0.3 is 20.6 Å². The normalized spacial score (nSPS) is 12.5. The lowest BCUT2D eigenvalue weighted by molar-refractivity contribution is -0.148. The first kappa shape index (κ1) is 21.6. The number of nitrogens with zero attached hydrogens (tertiary/aromatic N) is 2. The Bertz CT molecular complexity index is 1090. The van der Waals surface area contributed by atoms with Crippen LogP contribution in [0.2, 0.25) is 0 Å². The number of rotatable bonds is 8. The first-order valence-corrected chi connectivity index (χ1v) is 9.27. The number of carbonyl (C=O) groups is 3. The maximum Gasteiger partial charge on any atom is 0.336 e. The number of aliphatic hydroxyl groups excluding tert-OH is 1. The molecule has 31 heavy (non-hydrogen) atoms. The molecule has 2 aromatic carbocycles. The van der Waals surface area contributed by atoms with Gasteiger partial charge in [0.25, 0.3) is 5.91 Å². The number of hydrogen-bond acceptors (Lipinski definition) is 6. The predicted octanol–water partition coefficient (Wildman–Crippen LogP) is 1.63. The molecule has 0 saturated heterocycles. The molecule has 0 aliphatic rings. The smallest absolute Gasteiger partial charge is 0.336 e. The minimum Gasteiger partial charge on any atom is -0.479 e. The van der Waals surface area contributed by atoms with Crippen LogP contribution in [0.15, 0.2) is 67.0 Å². The van der Waals surface area contributed by atoms with Gasteiger partial charge in [-0.1, -0.05) is 48.5 Å². The summed E-state index contributed by atoms with van der Waals surface area (Å²) in [5.41, 5.74) is 1.28. The highest BCUT2D eigenvalue weighted by atomic mass is 16.4. The number of aromatic nitrogens is 2. The average Bonchev–Trinajstić information content (AvgIpc) is 2.78. The third-order valence-corrected chi connectivity index (χ3v) is 4.57. The van der Waals surface area contributed by atoms with Gasteiger partial charge in [0.05, 0.1) is 29.7 Å². The van der Waals surface area contributed by atoms with Gasteiger partial charge in [-0.3, -0.25) is 9.78 Å². The number of aliphatic hydroxyl groups is 1. The molecule has 0 aliphatic carbocycles. The Hall–Kier alpha value is -4.11. The molecule has 158 valence electrons. The van der Waals surface area contributed by atoms with Crippen LogP contribution in [-0.2, 0) is 11.2 Å². The molecule has 3 aromatic rings. The second-order valence-corrected chi connectivity index (χ2v) is 6.69. The zero-order valence-corrected chi connectivity index (χ0v) is 16.2. The van der Waals surface area contributed by atoms with Crippen LogP contribution in [0.5, 0.6) is 0 Å². The Morgan fingerprint density at radius 3 is 2.19 bits per heavy atom. The van der Waals surface area contributed by atoms with Crippen LogP contribution in [-0.4, -0.2) is 55.3 Å². The Labute approximate surface area is 177 Å². The molecule has 9 heteroatoms. The molecule has 1 heterocycles. The zero-order valence-electron chi connectivity index (χ0n) is 16.2.